The van der Waals surface area contributed by atoms with Crippen molar-refractivity contribution in [2.75, 3.05) is 13.1 Å². The van der Waals surface area contributed by atoms with Crippen LogP contribution in [0.25, 0.3) is 11.3 Å². The second kappa shape index (κ2) is 7.15. The van der Waals surface area contributed by atoms with Gasteiger partial charge in [0.15, 0.2) is 0 Å². The van der Waals surface area contributed by atoms with Crippen molar-refractivity contribution < 1.29 is 0 Å². The highest BCUT2D eigenvalue weighted by Gasteiger charge is 2.36. The highest BCUT2D eigenvalue weighted by Crippen LogP contribution is 2.35. The number of piperidine rings is 1. The van der Waals surface area contributed by atoms with Gasteiger partial charge in [0.25, 0.3) is 0 Å². The first-order valence-electron chi connectivity index (χ1n) is 9.07. The van der Waals surface area contributed by atoms with Gasteiger partial charge in [0, 0.05) is 25.2 Å². The number of nitriles is 1. The normalized spacial score (nSPS) is 16.9. The molecule has 1 aliphatic heterocycles. The number of rotatable bonds is 4. The summed E-state index contributed by atoms with van der Waals surface area (Å²) in [5, 5.41) is 17.2. The number of hydrogen-bond acceptors (Lipinski definition) is 3. The minimum absolute atomic E-state index is 0.351. The van der Waals surface area contributed by atoms with Crippen LogP contribution in [0.3, 0.4) is 0 Å². The zero-order valence-electron chi connectivity index (χ0n) is 14.7. The summed E-state index contributed by atoms with van der Waals surface area (Å²) in [6, 6.07) is 23.1. The second-order valence-electron chi connectivity index (χ2n) is 6.97. The number of benzene rings is 2. The molecule has 1 N–H and O–H groups in total. The summed E-state index contributed by atoms with van der Waals surface area (Å²) >= 11 is 0. The van der Waals surface area contributed by atoms with Crippen molar-refractivity contribution in [3.63, 3.8) is 0 Å². The fraction of sp³-hybridized carbons (Fsp3) is 0.273. The lowest BCUT2D eigenvalue weighted by Gasteiger charge is -2.37. The van der Waals surface area contributed by atoms with Gasteiger partial charge >= 0.3 is 0 Å². The fourth-order valence-electron chi connectivity index (χ4n) is 3.84. The van der Waals surface area contributed by atoms with Gasteiger partial charge in [0.2, 0.25) is 0 Å². The molecule has 4 nitrogen and oxygen atoms in total. The van der Waals surface area contributed by atoms with Crippen molar-refractivity contribution in [3.8, 4) is 17.3 Å². The molecule has 1 aliphatic rings. The minimum Gasteiger partial charge on any atom is -0.299 e. The topological polar surface area (TPSA) is 55.7 Å². The van der Waals surface area contributed by atoms with E-state index in [2.05, 4.69) is 45.4 Å². The van der Waals surface area contributed by atoms with E-state index in [-0.39, 0.29) is 5.41 Å². The van der Waals surface area contributed by atoms with Crippen LogP contribution < -0.4 is 0 Å². The summed E-state index contributed by atoms with van der Waals surface area (Å²) in [5.74, 6) is 0. The number of H-pyrrole nitrogens is 1. The van der Waals surface area contributed by atoms with Gasteiger partial charge < -0.3 is 0 Å². The lowest BCUT2D eigenvalue weighted by Crippen LogP contribution is -2.41. The molecule has 130 valence electrons. The zero-order valence-corrected chi connectivity index (χ0v) is 14.7. The second-order valence-corrected chi connectivity index (χ2v) is 6.97. The molecule has 3 aromatic rings. The number of nitrogens with one attached hydrogen (secondary N) is 1. The molecule has 0 atom stereocenters. The van der Waals surface area contributed by atoms with Gasteiger partial charge in [-0.2, -0.15) is 10.4 Å². The molecule has 0 spiro atoms. The van der Waals surface area contributed by atoms with Crippen molar-refractivity contribution in [2.24, 2.45) is 0 Å². The Kier molecular flexibility index (Phi) is 4.55. The number of nitrogens with zero attached hydrogens (tertiary/aromatic N) is 3. The molecule has 2 aromatic carbocycles. The highest BCUT2D eigenvalue weighted by atomic mass is 15.2. The van der Waals surface area contributed by atoms with Gasteiger partial charge in [-0.15, -0.1) is 0 Å². The van der Waals surface area contributed by atoms with E-state index in [1.807, 2.05) is 42.6 Å². The van der Waals surface area contributed by atoms with Crippen molar-refractivity contribution in [1.29, 1.82) is 5.26 Å². The Morgan fingerprint density at radius 3 is 2.31 bits per heavy atom. The van der Waals surface area contributed by atoms with Gasteiger partial charge in [0.05, 0.1) is 23.4 Å². The van der Waals surface area contributed by atoms with Gasteiger partial charge in [0.1, 0.15) is 0 Å². The van der Waals surface area contributed by atoms with Gasteiger partial charge in [-0.05, 0) is 24.0 Å². The fourth-order valence-corrected chi connectivity index (χ4v) is 3.84. The molecular weight excluding hydrogens is 320 g/mol. The van der Waals surface area contributed by atoms with Crippen LogP contribution in [0.5, 0.6) is 0 Å². The van der Waals surface area contributed by atoms with Crippen LogP contribution in [0.4, 0.5) is 0 Å². The van der Waals surface area contributed by atoms with E-state index < -0.39 is 0 Å². The van der Waals surface area contributed by atoms with E-state index in [0.717, 1.165) is 49.3 Å². The molecule has 0 aliphatic carbocycles. The number of likely N-dealkylation sites (tertiary alicyclic amines) is 1. The van der Waals surface area contributed by atoms with Crippen LogP contribution >= 0.6 is 0 Å². The minimum atomic E-state index is -0.351. The van der Waals surface area contributed by atoms with Crippen LogP contribution in [0.15, 0.2) is 66.9 Å². The molecule has 4 heteroatoms. The number of aromatic nitrogens is 2. The number of aromatic amines is 1. The molecule has 1 fully saturated rings. The average Bonchev–Trinajstić information content (AvgIpc) is 3.18. The summed E-state index contributed by atoms with van der Waals surface area (Å²) in [4.78, 5) is 2.43. The van der Waals surface area contributed by atoms with Crippen molar-refractivity contribution in [2.45, 2.75) is 24.8 Å². The van der Waals surface area contributed by atoms with Crippen LogP contribution in [0.2, 0.25) is 0 Å². The lowest BCUT2D eigenvalue weighted by atomic mass is 9.74. The maximum Gasteiger partial charge on any atom is 0.0846 e. The molecular formula is C22H22N4. The van der Waals surface area contributed by atoms with Crippen LogP contribution in [0, 0.1) is 11.3 Å². The molecule has 0 unspecified atom stereocenters. The Bertz CT molecular complexity index is 885. The Hall–Kier alpha value is -2.90. The quantitative estimate of drug-likeness (QED) is 0.775. The molecule has 26 heavy (non-hydrogen) atoms. The molecule has 1 aromatic heterocycles. The first kappa shape index (κ1) is 16.6. The third-order valence-electron chi connectivity index (χ3n) is 5.42. The maximum atomic E-state index is 9.85. The van der Waals surface area contributed by atoms with E-state index in [9.17, 15) is 5.26 Å². The zero-order chi connectivity index (χ0) is 17.8. The van der Waals surface area contributed by atoms with Gasteiger partial charge in [-0.3, -0.25) is 10.00 Å². The van der Waals surface area contributed by atoms with E-state index >= 15 is 0 Å². The highest BCUT2D eigenvalue weighted by molar-refractivity contribution is 5.62. The SMILES string of the molecule is N#CC1(c2ccccc2)CCN(Cc2cn[nH]c2-c2ccccc2)CC1. The third-order valence-corrected chi connectivity index (χ3v) is 5.42. The maximum absolute atomic E-state index is 9.85. The predicted molar refractivity (Wildman–Crippen MR) is 102 cm³/mol. The van der Waals surface area contributed by atoms with Gasteiger partial charge in [-0.1, -0.05) is 60.7 Å². The Labute approximate surface area is 154 Å². The molecule has 0 saturated carbocycles. The van der Waals surface area contributed by atoms with E-state index in [1.54, 1.807) is 0 Å². The smallest absolute Gasteiger partial charge is 0.0846 e. The van der Waals surface area contributed by atoms with E-state index in [1.165, 1.54) is 5.56 Å². The summed E-state index contributed by atoms with van der Waals surface area (Å²) < 4.78 is 0. The Morgan fingerprint density at radius 1 is 1.00 bits per heavy atom. The van der Waals surface area contributed by atoms with Crippen LogP contribution in [-0.2, 0) is 12.0 Å². The predicted octanol–water partition coefficient (Wildman–Crippen LogP) is 4.13. The third kappa shape index (κ3) is 3.14. The molecule has 2 heterocycles. The van der Waals surface area contributed by atoms with Crippen LogP contribution in [-0.4, -0.2) is 28.2 Å². The Balaban J connectivity index is 1.47. The van der Waals surface area contributed by atoms with Crippen molar-refractivity contribution in [3.05, 3.63) is 78.0 Å². The average molecular weight is 342 g/mol. The van der Waals surface area contributed by atoms with Crippen LogP contribution in [0.1, 0.15) is 24.0 Å². The summed E-state index contributed by atoms with van der Waals surface area (Å²) in [6.45, 7) is 2.70. The first-order chi connectivity index (χ1) is 12.8. The molecule has 0 radical (unpaired) electrons. The number of hydrogen-bond donors (Lipinski definition) is 1. The van der Waals surface area contributed by atoms with Crippen molar-refractivity contribution >= 4 is 0 Å². The Morgan fingerprint density at radius 2 is 1.65 bits per heavy atom. The molecule has 0 amide bonds. The van der Waals surface area contributed by atoms with Crippen molar-refractivity contribution in [1.82, 2.24) is 15.1 Å². The molecule has 0 bridgehead atoms. The summed E-state index contributed by atoms with van der Waals surface area (Å²) in [5.41, 5.74) is 4.26. The molecule has 1 saturated heterocycles. The largest absolute Gasteiger partial charge is 0.299 e. The monoisotopic (exact) mass is 342 g/mol. The standard InChI is InChI=1S/C22H22N4/c23-17-22(20-9-5-2-6-10-20)11-13-26(14-12-22)16-19-15-24-25-21(19)18-7-3-1-4-8-18/h1-10,15H,11-14,16H2,(H,24,25). The first-order valence-corrected chi connectivity index (χ1v) is 9.07. The van der Waals surface area contributed by atoms with E-state index in [0.29, 0.717) is 0 Å². The summed E-state index contributed by atoms with van der Waals surface area (Å²) in [7, 11) is 0. The van der Waals surface area contributed by atoms with E-state index in [4.69, 9.17) is 0 Å². The lowest BCUT2D eigenvalue weighted by molar-refractivity contribution is 0.179. The molecule has 4 rings (SSSR count). The van der Waals surface area contributed by atoms with Gasteiger partial charge in [-0.25, -0.2) is 0 Å². The summed E-state index contributed by atoms with van der Waals surface area (Å²) in [6.07, 6.45) is 3.66.